The summed E-state index contributed by atoms with van der Waals surface area (Å²) in [5, 5.41) is 6.60. The van der Waals surface area contributed by atoms with Crippen molar-refractivity contribution in [1.29, 1.82) is 0 Å². The van der Waals surface area contributed by atoms with Crippen LogP contribution in [0.25, 0.3) is 0 Å². The zero-order valence-electron chi connectivity index (χ0n) is 16.4. The van der Waals surface area contributed by atoms with Crippen molar-refractivity contribution < 1.29 is 17.9 Å². The second kappa shape index (κ2) is 10.5. The van der Waals surface area contributed by atoms with Gasteiger partial charge in [0.25, 0.3) is 0 Å². The molecule has 0 aliphatic carbocycles. The fraction of sp³-hybridized carbons (Fsp3) is 0.632. The smallest absolute Gasteiger partial charge is 0.191 e. The number of rotatable bonds is 5. The maximum absolute atomic E-state index is 11.6. The number of ether oxygens (including phenoxy) is 2. The molecule has 158 valence electrons. The third-order valence-corrected chi connectivity index (χ3v) is 6.41. The number of hydrogen-bond acceptors (Lipinski definition) is 5. The van der Waals surface area contributed by atoms with E-state index in [1.54, 1.807) is 0 Å². The summed E-state index contributed by atoms with van der Waals surface area (Å²) in [6.45, 7) is 6.44. The van der Waals surface area contributed by atoms with Crippen LogP contribution >= 0.6 is 24.0 Å². The lowest BCUT2D eigenvalue weighted by Gasteiger charge is -2.18. The van der Waals surface area contributed by atoms with Crippen LogP contribution in [-0.4, -0.2) is 51.7 Å². The van der Waals surface area contributed by atoms with Crippen LogP contribution in [0.1, 0.15) is 32.3 Å². The summed E-state index contributed by atoms with van der Waals surface area (Å²) in [6, 6.07) is 6.08. The van der Waals surface area contributed by atoms with Crippen LogP contribution in [0, 0.1) is 5.92 Å². The second-order valence-corrected chi connectivity index (χ2v) is 9.64. The molecule has 3 rings (SSSR count). The molecule has 2 aliphatic heterocycles. The van der Waals surface area contributed by atoms with Crippen molar-refractivity contribution in [2.24, 2.45) is 10.9 Å². The van der Waals surface area contributed by atoms with Crippen molar-refractivity contribution in [3.8, 4) is 11.5 Å². The topological polar surface area (TPSA) is 89.0 Å². The summed E-state index contributed by atoms with van der Waals surface area (Å²) in [5.41, 5.74) is 0.975. The van der Waals surface area contributed by atoms with E-state index in [1.807, 2.05) is 32.0 Å². The highest BCUT2D eigenvalue weighted by Gasteiger charge is 2.27. The Labute approximate surface area is 184 Å². The quantitative estimate of drug-likeness (QED) is 0.350. The predicted molar refractivity (Wildman–Crippen MR) is 122 cm³/mol. The van der Waals surface area contributed by atoms with Crippen molar-refractivity contribution in [1.82, 2.24) is 10.6 Å². The number of aliphatic imine (C=N–C) groups is 1. The Hall–Kier alpha value is -1.23. The Morgan fingerprint density at radius 2 is 2.07 bits per heavy atom. The lowest BCUT2D eigenvalue weighted by molar-refractivity contribution is 0.296. The third kappa shape index (κ3) is 6.68. The second-order valence-electron chi connectivity index (χ2n) is 7.41. The van der Waals surface area contributed by atoms with Crippen LogP contribution in [0.2, 0.25) is 0 Å². The van der Waals surface area contributed by atoms with Crippen LogP contribution in [0.4, 0.5) is 0 Å². The molecule has 1 aromatic carbocycles. The van der Waals surface area contributed by atoms with Gasteiger partial charge in [-0.2, -0.15) is 0 Å². The number of hydrogen-bond donors (Lipinski definition) is 2. The normalized spacial score (nSPS) is 21.0. The standard InChI is InChI=1S/C19H29N3O4S.HI/c1-14(2)22-19(20-11-15-7-10-27(23,24)13-15)21-12-16-5-3-6-17-18(16)26-9-4-8-25-17;/h3,5-6,14-15H,4,7-13H2,1-2H3,(H2,20,21,22);1H. The molecule has 1 aromatic rings. The van der Waals surface area contributed by atoms with Crippen molar-refractivity contribution >= 4 is 39.8 Å². The number of nitrogens with one attached hydrogen (secondary N) is 2. The molecule has 0 radical (unpaired) electrons. The first kappa shape index (κ1) is 23.1. The Morgan fingerprint density at radius 1 is 1.29 bits per heavy atom. The van der Waals surface area contributed by atoms with Crippen LogP contribution in [-0.2, 0) is 16.4 Å². The minimum absolute atomic E-state index is 0. The fourth-order valence-corrected chi connectivity index (χ4v) is 5.10. The summed E-state index contributed by atoms with van der Waals surface area (Å²) in [7, 11) is -2.87. The molecule has 2 heterocycles. The van der Waals surface area contributed by atoms with E-state index in [9.17, 15) is 8.42 Å². The van der Waals surface area contributed by atoms with Crippen LogP contribution in [0.15, 0.2) is 23.2 Å². The molecule has 0 saturated carbocycles. The van der Waals surface area contributed by atoms with E-state index in [4.69, 9.17) is 9.47 Å². The van der Waals surface area contributed by atoms with E-state index < -0.39 is 9.84 Å². The van der Waals surface area contributed by atoms with Gasteiger partial charge in [0.2, 0.25) is 0 Å². The highest BCUT2D eigenvalue weighted by molar-refractivity contribution is 14.0. The van der Waals surface area contributed by atoms with E-state index in [1.165, 1.54) is 0 Å². The summed E-state index contributed by atoms with van der Waals surface area (Å²) >= 11 is 0. The zero-order chi connectivity index (χ0) is 19.3. The van der Waals surface area contributed by atoms with Crippen LogP contribution in [0.5, 0.6) is 11.5 Å². The van der Waals surface area contributed by atoms with Gasteiger partial charge in [-0.3, -0.25) is 0 Å². The van der Waals surface area contributed by atoms with E-state index >= 15 is 0 Å². The lowest BCUT2D eigenvalue weighted by atomic mass is 10.1. The van der Waals surface area contributed by atoms with Crippen LogP contribution in [0.3, 0.4) is 0 Å². The molecular weight excluding hydrogens is 493 g/mol. The first-order valence-electron chi connectivity index (χ1n) is 9.56. The Balaban J connectivity index is 0.00000280. The minimum atomic E-state index is -2.87. The number of benzene rings is 1. The Bertz CT molecular complexity index is 783. The number of sulfone groups is 1. The summed E-state index contributed by atoms with van der Waals surface area (Å²) in [6.07, 6.45) is 1.57. The molecule has 2 N–H and O–H groups in total. The maximum atomic E-state index is 11.6. The number of para-hydroxylation sites is 1. The van der Waals surface area contributed by atoms with Crippen molar-refractivity contribution in [2.75, 3.05) is 31.3 Å². The van der Waals surface area contributed by atoms with Crippen molar-refractivity contribution in [3.05, 3.63) is 23.8 Å². The first-order valence-corrected chi connectivity index (χ1v) is 11.4. The van der Waals surface area contributed by atoms with Crippen molar-refractivity contribution in [3.63, 3.8) is 0 Å². The molecule has 1 saturated heterocycles. The average Bonchev–Trinajstić information content (AvgIpc) is 2.81. The molecular formula is C19H30IN3O4S. The van der Waals surface area contributed by atoms with Gasteiger partial charge in [-0.05, 0) is 32.3 Å². The summed E-state index contributed by atoms with van der Waals surface area (Å²) < 4.78 is 34.9. The summed E-state index contributed by atoms with van der Waals surface area (Å²) in [5.74, 6) is 2.90. The van der Waals surface area contributed by atoms with E-state index in [0.717, 1.165) is 23.5 Å². The van der Waals surface area contributed by atoms with E-state index in [0.29, 0.717) is 38.7 Å². The van der Waals surface area contributed by atoms with Gasteiger partial charge in [0.05, 0.1) is 31.3 Å². The number of nitrogens with zero attached hydrogens (tertiary/aromatic N) is 1. The number of fused-ring (bicyclic) bond motifs is 1. The van der Waals surface area contributed by atoms with E-state index in [-0.39, 0.29) is 47.4 Å². The molecule has 9 heteroatoms. The third-order valence-electron chi connectivity index (χ3n) is 4.57. The van der Waals surface area contributed by atoms with Gasteiger partial charge in [-0.25, -0.2) is 13.4 Å². The van der Waals surface area contributed by atoms with Gasteiger partial charge in [0, 0.05) is 24.6 Å². The number of halogens is 1. The first-order chi connectivity index (χ1) is 12.9. The molecule has 7 nitrogen and oxygen atoms in total. The Kier molecular flexibility index (Phi) is 8.66. The van der Waals surface area contributed by atoms with Gasteiger partial charge in [0.1, 0.15) is 0 Å². The van der Waals surface area contributed by atoms with Gasteiger partial charge < -0.3 is 20.1 Å². The Morgan fingerprint density at radius 3 is 2.79 bits per heavy atom. The van der Waals surface area contributed by atoms with Gasteiger partial charge in [-0.1, -0.05) is 12.1 Å². The fourth-order valence-electron chi connectivity index (χ4n) is 3.24. The molecule has 0 bridgehead atoms. The largest absolute Gasteiger partial charge is 0.490 e. The SMILES string of the molecule is CC(C)NC(=NCc1cccc2c1OCCCO2)NCC1CCS(=O)(=O)C1.I. The number of guanidine groups is 1. The monoisotopic (exact) mass is 523 g/mol. The maximum Gasteiger partial charge on any atom is 0.191 e. The van der Waals surface area contributed by atoms with E-state index in [2.05, 4.69) is 15.6 Å². The van der Waals surface area contributed by atoms with Gasteiger partial charge >= 0.3 is 0 Å². The minimum Gasteiger partial charge on any atom is -0.490 e. The molecule has 0 aromatic heterocycles. The summed E-state index contributed by atoms with van der Waals surface area (Å²) in [4.78, 5) is 4.68. The molecule has 0 spiro atoms. The van der Waals surface area contributed by atoms with Gasteiger partial charge in [0.15, 0.2) is 27.3 Å². The predicted octanol–water partition coefficient (Wildman–Crippen LogP) is 2.34. The highest BCUT2D eigenvalue weighted by Crippen LogP contribution is 2.33. The van der Waals surface area contributed by atoms with Gasteiger partial charge in [-0.15, -0.1) is 24.0 Å². The van der Waals surface area contributed by atoms with Crippen LogP contribution < -0.4 is 20.1 Å². The van der Waals surface area contributed by atoms with Crippen molar-refractivity contribution in [2.45, 2.75) is 39.3 Å². The molecule has 1 unspecified atom stereocenters. The molecule has 1 atom stereocenters. The highest BCUT2D eigenvalue weighted by atomic mass is 127. The molecule has 0 amide bonds. The zero-order valence-corrected chi connectivity index (χ0v) is 19.6. The molecule has 1 fully saturated rings. The lowest BCUT2D eigenvalue weighted by Crippen LogP contribution is -2.43. The molecule has 28 heavy (non-hydrogen) atoms. The molecule has 2 aliphatic rings. The average molecular weight is 523 g/mol.